The second-order valence-electron chi connectivity index (χ2n) is 6.65. The van der Waals surface area contributed by atoms with Gasteiger partial charge in [0.25, 0.3) is 0 Å². The summed E-state index contributed by atoms with van der Waals surface area (Å²) >= 11 is 0. The summed E-state index contributed by atoms with van der Waals surface area (Å²) in [6.45, 7) is 7.59. The molecule has 7 atom stereocenters. The Morgan fingerprint density at radius 1 is 1.45 bits per heavy atom. The van der Waals surface area contributed by atoms with Gasteiger partial charge in [0, 0.05) is 12.0 Å². The fraction of sp³-hybridized carbons (Fsp3) is 0.667. The van der Waals surface area contributed by atoms with Gasteiger partial charge in [-0.05, 0) is 13.8 Å². The van der Waals surface area contributed by atoms with E-state index in [2.05, 4.69) is 6.58 Å². The Morgan fingerprint density at radius 3 is 2.85 bits per heavy atom. The van der Waals surface area contributed by atoms with E-state index in [1.807, 2.05) is 13.8 Å². The molecule has 1 saturated carbocycles. The van der Waals surface area contributed by atoms with Crippen molar-refractivity contribution >= 4 is 5.97 Å². The number of fused-ring (bicyclic) bond motifs is 2. The summed E-state index contributed by atoms with van der Waals surface area (Å²) in [5.74, 6) is -1.08. The molecule has 2 saturated heterocycles. The maximum absolute atomic E-state index is 11.8. The molecular weight excluding hydrogens is 260 g/mol. The number of aliphatic hydroxyl groups is 2. The first-order valence-corrected chi connectivity index (χ1v) is 6.96. The van der Waals surface area contributed by atoms with Gasteiger partial charge in [-0.3, -0.25) is 0 Å². The SMILES string of the molecule is C=C1C(=O)O[C@H]2[C@@H]1[C@@H](O)C[C@@]1(C)O[C@@]13[C@@H]2C(C)=C[C@@H]3O. The number of aliphatic hydroxyl groups excluding tert-OH is 2. The topological polar surface area (TPSA) is 79.3 Å². The van der Waals surface area contributed by atoms with Crippen LogP contribution in [0.4, 0.5) is 0 Å². The molecule has 20 heavy (non-hydrogen) atoms. The van der Waals surface area contributed by atoms with Crippen molar-refractivity contribution in [1.82, 2.24) is 0 Å². The minimum Gasteiger partial charge on any atom is -0.457 e. The van der Waals surface area contributed by atoms with Crippen LogP contribution in [-0.4, -0.2) is 45.7 Å². The Labute approximate surface area is 116 Å². The van der Waals surface area contributed by atoms with Gasteiger partial charge < -0.3 is 19.7 Å². The maximum Gasteiger partial charge on any atom is 0.334 e. The van der Waals surface area contributed by atoms with Crippen LogP contribution < -0.4 is 0 Å². The first-order chi connectivity index (χ1) is 9.32. The lowest BCUT2D eigenvalue weighted by atomic mass is 9.77. The van der Waals surface area contributed by atoms with E-state index in [0.29, 0.717) is 12.0 Å². The monoisotopic (exact) mass is 278 g/mol. The summed E-state index contributed by atoms with van der Waals surface area (Å²) in [5, 5.41) is 20.8. The quantitative estimate of drug-likeness (QED) is 0.289. The summed E-state index contributed by atoms with van der Waals surface area (Å²) < 4.78 is 11.4. The van der Waals surface area contributed by atoms with Crippen molar-refractivity contribution in [2.45, 2.75) is 49.8 Å². The third-order valence-corrected chi connectivity index (χ3v) is 5.60. The van der Waals surface area contributed by atoms with Crippen LogP contribution in [-0.2, 0) is 14.3 Å². The molecule has 2 aliphatic carbocycles. The van der Waals surface area contributed by atoms with Crippen LogP contribution >= 0.6 is 0 Å². The lowest BCUT2D eigenvalue weighted by molar-refractivity contribution is -0.142. The van der Waals surface area contributed by atoms with Gasteiger partial charge in [0.05, 0.1) is 17.9 Å². The summed E-state index contributed by atoms with van der Waals surface area (Å²) in [6, 6.07) is 0. The number of rotatable bonds is 0. The van der Waals surface area contributed by atoms with Crippen LogP contribution in [0.5, 0.6) is 0 Å². The Morgan fingerprint density at radius 2 is 2.15 bits per heavy atom. The van der Waals surface area contributed by atoms with Crippen molar-refractivity contribution in [3.8, 4) is 0 Å². The summed E-state index contributed by atoms with van der Waals surface area (Å²) in [7, 11) is 0. The zero-order valence-electron chi connectivity index (χ0n) is 11.5. The van der Waals surface area contributed by atoms with Crippen LogP contribution in [0.15, 0.2) is 23.8 Å². The molecule has 0 aromatic rings. The van der Waals surface area contributed by atoms with E-state index in [1.54, 1.807) is 6.08 Å². The number of ether oxygens (including phenoxy) is 2. The summed E-state index contributed by atoms with van der Waals surface area (Å²) in [5.41, 5.74) is -0.0611. The molecule has 0 radical (unpaired) electrons. The molecule has 3 fully saturated rings. The fourth-order valence-electron chi connectivity index (χ4n) is 4.68. The van der Waals surface area contributed by atoms with E-state index < -0.39 is 41.4 Å². The largest absolute Gasteiger partial charge is 0.457 e. The van der Waals surface area contributed by atoms with E-state index in [9.17, 15) is 15.0 Å². The molecule has 0 unspecified atom stereocenters. The third-order valence-electron chi connectivity index (χ3n) is 5.60. The van der Waals surface area contributed by atoms with E-state index >= 15 is 0 Å². The van der Waals surface area contributed by atoms with Crippen LogP contribution in [0, 0.1) is 11.8 Å². The highest BCUT2D eigenvalue weighted by Crippen LogP contribution is 2.67. The molecule has 2 heterocycles. The molecular formula is C15H18O5. The zero-order valence-corrected chi connectivity index (χ0v) is 11.5. The summed E-state index contributed by atoms with van der Waals surface area (Å²) in [6.07, 6.45) is 0.186. The van der Waals surface area contributed by atoms with Gasteiger partial charge in [0.2, 0.25) is 0 Å². The smallest absolute Gasteiger partial charge is 0.334 e. The predicted molar refractivity (Wildman–Crippen MR) is 68.6 cm³/mol. The van der Waals surface area contributed by atoms with Crippen molar-refractivity contribution in [2.75, 3.05) is 0 Å². The molecule has 0 aromatic carbocycles. The fourth-order valence-corrected chi connectivity index (χ4v) is 4.68. The second-order valence-corrected chi connectivity index (χ2v) is 6.65. The Balaban J connectivity index is 1.86. The molecule has 108 valence electrons. The Bertz CT molecular complexity index is 567. The number of carbonyl (C=O) groups excluding carboxylic acids is 1. The highest BCUT2D eigenvalue weighted by molar-refractivity contribution is 5.91. The highest BCUT2D eigenvalue weighted by Gasteiger charge is 2.80. The highest BCUT2D eigenvalue weighted by atomic mass is 16.6. The number of hydrogen-bond acceptors (Lipinski definition) is 5. The van der Waals surface area contributed by atoms with Gasteiger partial charge in [0.1, 0.15) is 23.4 Å². The van der Waals surface area contributed by atoms with Crippen molar-refractivity contribution < 1.29 is 24.5 Å². The number of esters is 1. The van der Waals surface area contributed by atoms with Crippen LogP contribution in [0.2, 0.25) is 0 Å². The Hall–Kier alpha value is -1.17. The first-order valence-electron chi connectivity index (χ1n) is 6.96. The lowest BCUT2D eigenvalue weighted by Crippen LogP contribution is -2.43. The number of carbonyl (C=O) groups is 1. The van der Waals surface area contributed by atoms with Gasteiger partial charge >= 0.3 is 5.97 Å². The number of hydrogen-bond donors (Lipinski definition) is 2. The minimum absolute atomic E-state index is 0.215. The zero-order chi connectivity index (χ0) is 14.4. The molecule has 1 spiro atoms. The Kier molecular flexibility index (Phi) is 2.10. The average Bonchev–Trinajstić information content (AvgIpc) is 2.73. The third kappa shape index (κ3) is 1.14. The molecule has 4 rings (SSSR count). The summed E-state index contributed by atoms with van der Waals surface area (Å²) in [4.78, 5) is 11.8. The molecule has 0 bridgehead atoms. The molecule has 2 N–H and O–H groups in total. The molecule has 0 amide bonds. The number of epoxide rings is 1. The predicted octanol–water partition coefficient (Wildman–Crippen LogP) is 0.313. The van der Waals surface area contributed by atoms with E-state index in [4.69, 9.17) is 9.47 Å². The van der Waals surface area contributed by atoms with Crippen LogP contribution in [0.1, 0.15) is 20.3 Å². The average molecular weight is 278 g/mol. The van der Waals surface area contributed by atoms with Gasteiger partial charge in [-0.15, -0.1) is 0 Å². The van der Waals surface area contributed by atoms with E-state index in [0.717, 1.165) is 5.57 Å². The van der Waals surface area contributed by atoms with Crippen molar-refractivity contribution in [3.05, 3.63) is 23.8 Å². The van der Waals surface area contributed by atoms with Crippen molar-refractivity contribution in [2.24, 2.45) is 11.8 Å². The lowest BCUT2D eigenvalue weighted by Gasteiger charge is -2.28. The molecule has 4 aliphatic rings. The van der Waals surface area contributed by atoms with Crippen molar-refractivity contribution in [3.63, 3.8) is 0 Å². The molecule has 2 aliphatic heterocycles. The normalized spacial score (nSPS) is 56.4. The molecule has 5 heteroatoms. The molecule has 0 aromatic heterocycles. The van der Waals surface area contributed by atoms with Crippen LogP contribution in [0.25, 0.3) is 0 Å². The van der Waals surface area contributed by atoms with Gasteiger partial charge in [-0.1, -0.05) is 18.2 Å². The standard InChI is InChI=1S/C15H18O5/c1-6-4-9(17)15-11(6)12-10(7(2)13(18)19-12)8(16)5-14(15,3)20-15/h4,8-12,16-17H,2,5H2,1,3H3/t8-,9-,10-,11+,12-,14+,15-/m0/s1. The van der Waals surface area contributed by atoms with Crippen molar-refractivity contribution in [1.29, 1.82) is 0 Å². The van der Waals surface area contributed by atoms with E-state index in [1.165, 1.54) is 0 Å². The minimum atomic E-state index is -0.762. The molecule has 5 nitrogen and oxygen atoms in total. The maximum atomic E-state index is 11.8. The first kappa shape index (κ1) is 12.6. The second kappa shape index (κ2) is 3.35. The van der Waals surface area contributed by atoms with Gasteiger partial charge in [-0.2, -0.15) is 0 Å². The van der Waals surface area contributed by atoms with Crippen LogP contribution in [0.3, 0.4) is 0 Å². The van der Waals surface area contributed by atoms with Gasteiger partial charge in [-0.25, -0.2) is 4.79 Å². The van der Waals surface area contributed by atoms with E-state index in [-0.39, 0.29) is 5.92 Å². The van der Waals surface area contributed by atoms with Gasteiger partial charge in [0.15, 0.2) is 0 Å².